The average molecular weight is 320 g/mol. The summed E-state index contributed by atoms with van der Waals surface area (Å²) in [5.74, 6) is -1.43. The highest BCUT2D eigenvalue weighted by atomic mass is 32.2. The summed E-state index contributed by atoms with van der Waals surface area (Å²) in [6.45, 7) is 0. The van der Waals surface area contributed by atoms with Gasteiger partial charge < -0.3 is 15.1 Å². The molecule has 0 fully saturated rings. The molecule has 2 aromatic heterocycles. The Morgan fingerprint density at radius 1 is 1.41 bits per heavy atom. The van der Waals surface area contributed by atoms with Crippen LogP contribution in [0.4, 0.5) is 11.6 Å². The van der Waals surface area contributed by atoms with E-state index in [1.807, 2.05) is 24.3 Å². The third-order valence-corrected chi connectivity index (χ3v) is 3.48. The molecule has 0 unspecified atom stereocenters. The van der Waals surface area contributed by atoms with Crippen molar-refractivity contribution < 1.29 is 14.3 Å². The van der Waals surface area contributed by atoms with E-state index in [4.69, 9.17) is 0 Å². The van der Waals surface area contributed by atoms with Crippen molar-refractivity contribution in [1.82, 2.24) is 20.3 Å². The van der Waals surface area contributed by atoms with E-state index >= 15 is 0 Å². The SMILES string of the molecule is O=C(CSc1nc2ccccc2[nH]1)Nc1nonc1[N+](=O)[O-]. The average Bonchev–Trinajstić information content (AvgIpc) is 3.10. The summed E-state index contributed by atoms with van der Waals surface area (Å²) in [7, 11) is 0. The maximum absolute atomic E-state index is 11.8. The van der Waals surface area contributed by atoms with Crippen LogP contribution in [-0.2, 0) is 4.79 Å². The Hall–Kier alpha value is -2.95. The van der Waals surface area contributed by atoms with E-state index < -0.39 is 16.6 Å². The molecule has 2 N–H and O–H groups in total. The lowest BCUT2D eigenvalue weighted by atomic mass is 10.3. The van der Waals surface area contributed by atoms with Gasteiger partial charge in [0.15, 0.2) is 10.3 Å². The highest BCUT2D eigenvalue weighted by molar-refractivity contribution is 7.99. The molecule has 1 amide bonds. The lowest BCUT2D eigenvalue weighted by molar-refractivity contribution is -0.390. The molecule has 11 heteroatoms. The predicted octanol–water partition coefficient (Wildman–Crippen LogP) is 1.58. The number of para-hydroxylation sites is 2. The van der Waals surface area contributed by atoms with Gasteiger partial charge in [0.25, 0.3) is 5.82 Å². The van der Waals surface area contributed by atoms with Gasteiger partial charge in [-0.2, -0.15) is 0 Å². The lowest BCUT2D eigenvalue weighted by Crippen LogP contribution is -2.15. The molecule has 22 heavy (non-hydrogen) atoms. The number of aromatic amines is 1. The highest BCUT2D eigenvalue weighted by Gasteiger charge is 2.23. The minimum atomic E-state index is -0.793. The van der Waals surface area contributed by atoms with E-state index in [-0.39, 0.29) is 11.6 Å². The number of carbonyl (C=O) groups is 1. The topological polar surface area (TPSA) is 140 Å². The monoisotopic (exact) mass is 320 g/mol. The Bertz CT molecular complexity index is 811. The van der Waals surface area contributed by atoms with E-state index in [9.17, 15) is 14.9 Å². The van der Waals surface area contributed by atoms with E-state index in [0.29, 0.717) is 5.16 Å². The Balaban J connectivity index is 1.62. The van der Waals surface area contributed by atoms with Gasteiger partial charge in [-0.15, -0.1) is 4.63 Å². The Kier molecular flexibility index (Phi) is 3.70. The molecule has 1 aromatic carbocycles. The van der Waals surface area contributed by atoms with Crippen LogP contribution in [0, 0.1) is 10.1 Å². The fraction of sp³-hybridized carbons (Fsp3) is 0.0909. The van der Waals surface area contributed by atoms with Crippen LogP contribution in [0.1, 0.15) is 0 Å². The van der Waals surface area contributed by atoms with Crippen molar-refractivity contribution in [3.05, 3.63) is 34.4 Å². The number of nitro groups is 1. The molecule has 10 nitrogen and oxygen atoms in total. The molecule has 3 aromatic rings. The Morgan fingerprint density at radius 3 is 3.00 bits per heavy atom. The normalized spacial score (nSPS) is 10.7. The van der Waals surface area contributed by atoms with Gasteiger partial charge in [0.05, 0.1) is 16.8 Å². The summed E-state index contributed by atoms with van der Waals surface area (Å²) in [5.41, 5.74) is 1.66. The summed E-state index contributed by atoms with van der Waals surface area (Å²) in [6.07, 6.45) is 0. The van der Waals surface area contributed by atoms with Crippen LogP contribution in [0.2, 0.25) is 0 Å². The molecular formula is C11H8N6O4S. The number of benzene rings is 1. The van der Waals surface area contributed by atoms with Crippen LogP contribution in [0.25, 0.3) is 11.0 Å². The van der Waals surface area contributed by atoms with Gasteiger partial charge >= 0.3 is 5.82 Å². The third-order valence-electron chi connectivity index (χ3n) is 2.61. The van der Waals surface area contributed by atoms with Crippen molar-refractivity contribution in [3.8, 4) is 0 Å². The number of hydrogen-bond donors (Lipinski definition) is 2. The number of aromatic nitrogens is 4. The number of hydrogen-bond acceptors (Lipinski definition) is 8. The first-order valence-electron chi connectivity index (χ1n) is 5.98. The van der Waals surface area contributed by atoms with Crippen LogP contribution in [0.15, 0.2) is 34.1 Å². The molecule has 0 aliphatic rings. The number of fused-ring (bicyclic) bond motifs is 1. The molecule has 0 saturated heterocycles. The van der Waals surface area contributed by atoms with Gasteiger partial charge in [-0.1, -0.05) is 23.9 Å². The van der Waals surface area contributed by atoms with Crippen molar-refractivity contribution >= 4 is 40.3 Å². The third kappa shape index (κ3) is 2.88. The predicted molar refractivity (Wildman–Crippen MR) is 76.4 cm³/mol. The quantitative estimate of drug-likeness (QED) is 0.410. The molecule has 2 heterocycles. The second-order valence-corrected chi connectivity index (χ2v) is 5.05. The van der Waals surface area contributed by atoms with Crippen LogP contribution < -0.4 is 5.32 Å². The molecule has 0 bridgehead atoms. The number of carbonyl (C=O) groups excluding carboxylic acids is 1. The summed E-state index contributed by atoms with van der Waals surface area (Å²) >= 11 is 1.16. The highest BCUT2D eigenvalue weighted by Crippen LogP contribution is 2.21. The van der Waals surface area contributed by atoms with E-state index in [1.54, 1.807) is 0 Å². The molecular weight excluding hydrogens is 312 g/mol. The zero-order chi connectivity index (χ0) is 15.5. The second-order valence-electron chi connectivity index (χ2n) is 4.09. The largest absolute Gasteiger partial charge is 0.459 e. The number of rotatable bonds is 5. The van der Waals surface area contributed by atoms with E-state index in [2.05, 4.69) is 30.2 Å². The number of H-pyrrole nitrogens is 1. The molecule has 3 rings (SSSR count). The lowest BCUT2D eigenvalue weighted by Gasteiger charge is -1.98. The first kappa shape index (κ1) is 14.0. The molecule has 0 atom stereocenters. The zero-order valence-electron chi connectivity index (χ0n) is 10.8. The van der Waals surface area contributed by atoms with Crippen molar-refractivity contribution in [2.75, 3.05) is 11.1 Å². The summed E-state index contributed by atoms with van der Waals surface area (Å²) in [6, 6.07) is 7.46. The number of amides is 1. The zero-order valence-corrected chi connectivity index (χ0v) is 11.7. The summed E-state index contributed by atoms with van der Waals surface area (Å²) in [5, 5.41) is 19.8. The minimum Gasteiger partial charge on any atom is -0.358 e. The van der Waals surface area contributed by atoms with Gasteiger partial charge in [-0.3, -0.25) is 10.1 Å². The maximum Gasteiger partial charge on any atom is 0.459 e. The smallest absolute Gasteiger partial charge is 0.358 e. The molecule has 112 valence electrons. The maximum atomic E-state index is 11.8. The minimum absolute atomic E-state index is 0.00381. The standard InChI is InChI=1S/C11H8N6O4S/c18-8(14-9-10(17(19)20)16-21-15-9)5-22-11-12-6-3-1-2-4-7(6)13-11/h1-4H,5H2,(H,12,13)(H,14,15,18). The second kappa shape index (κ2) is 5.81. The number of nitrogens with one attached hydrogen (secondary N) is 2. The molecule has 0 aliphatic heterocycles. The molecule has 0 radical (unpaired) electrons. The van der Waals surface area contributed by atoms with Crippen molar-refractivity contribution in [1.29, 1.82) is 0 Å². The van der Waals surface area contributed by atoms with Gasteiger partial charge in [-0.05, 0) is 17.1 Å². The fourth-order valence-electron chi connectivity index (χ4n) is 1.68. The van der Waals surface area contributed by atoms with Gasteiger partial charge in [0.2, 0.25) is 5.91 Å². The van der Waals surface area contributed by atoms with Crippen molar-refractivity contribution in [2.24, 2.45) is 0 Å². The first-order valence-corrected chi connectivity index (χ1v) is 6.96. The molecule has 0 aliphatic carbocycles. The van der Waals surface area contributed by atoms with Crippen molar-refractivity contribution in [2.45, 2.75) is 5.16 Å². The van der Waals surface area contributed by atoms with Gasteiger partial charge in [0.1, 0.15) is 0 Å². The molecule has 0 saturated carbocycles. The summed E-state index contributed by atoms with van der Waals surface area (Å²) < 4.78 is 4.23. The van der Waals surface area contributed by atoms with Crippen LogP contribution >= 0.6 is 11.8 Å². The number of imidazole rings is 1. The summed E-state index contributed by atoms with van der Waals surface area (Å²) in [4.78, 5) is 28.9. The number of nitrogens with zero attached hydrogens (tertiary/aromatic N) is 4. The van der Waals surface area contributed by atoms with Crippen LogP contribution in [0.5, 0.6) is 0 Å². The van der Waals surface area contributed by atoms with E-state index in [0.717, 1.165) is 22.8 Å². The number of thioether (sulfide) groups is 1. The van der Waals surface area contributed by atoms with Crippen LogP contribution in [0.3, 0.4) is 0 Å². The molecule has 0 spiro atoms. The van der Waals surface area contributed by atoms with Gasteiger partial charge in [-0.25, -0.2) is 4.98 Å². The van der Waals surface area contributed by atoms with Crippen LogP contribution in [-0.4, -0.2) is 36.9 Å². The van der Waals surface area contributed by atoms with Crippen molar-refractivity contribution in [3.63, 3.8) is 0 Å². The Labute approximate surface area is 126 Å². The first-order chi connectivity index (χ1) is 10.6. The fourth-order valence-corrected chi connectivity index (χ4v) is 2.37. The number of anilines is 1. The Morgan fingerprint density at radius 2 is 2.23 bits per heavy atom. The van der Waals surface area contributed by atoms with E-state index in [1.165, 1.54) is 0 Å². The van der Waals surface area contributed by atoms with Gasteiger partial charge in [0, 0.05) is 5.16 Å².